The average molecular weight is 478 g/mol. The number of amides is 3. The zero-order chi connectivity index (χ0) is 23.7. The number of likely N-dealkylation sites (tertiary alicyclic amines) is 1. The fourth-order valence-corrected chi connectivity index (χ4v) is 5.92. The summed E-state index contributed by atoms with van der Waals surface area (Å²) in [5.41, 5.74) is 1.13. The first-order valence-electron chi connectivity index (χ1n) is 11.8. The van der Waals surface area contributed by atoms with Crippen LogP contribution in [0.3, 0.4) is 0 Å². The first-order valence-corrected chi connectivity index (χ1v) is 12.6. The van der Waals surface area contributed by atoms with Crippen molar-refractivity contribution in [3.8, 4) is 16.5 Å². The molecule has 1 aliphatic carbocycles. The van der Waals surface area contributed by atoms with Crippen LogP contribution in [0.5, 0.6) is 0 Å². The number of hydrogen-bond acceptors (Lipinski definition) is 6. The lowest BCUT2D eigenvalue weighted by molar-refractivity contribution is -0.128. The van der Waals surface area contributed by atoms with Gasteiger partial charge in [-0.1, -0.05) is 30.3 Å². The second-order valence-electron chi connectivity index (χ2n) is 9.57. The summed E-state index contributed by atoms with van der Waals surface area (Å²) < 4.78 is 0. The number of hydrogen-bond donors (Lipinski definition) is 2. The van der Waals surface area contributed by atoms with E-state index in [0.717, 1.165) is 29.7 Å². The highest BCUT2D eigenvalue weighted by Crippen LogP contribution is 2.55. The lowest BCUT2D eigenvalue weighted by Gasteiger charge is -2.38. The molecule has 2 saturated heterocycles. The van der Waals surface area contributed by atoms with Crippen molar-refractivity contribution in [3.05, 3.63) is 41.5 Å². The van der Waals surface area contributed by atoms with Crippen molar-refractivity contribution < 1.29 is 14.4 Å². The van der Waals surface area contributed by atoms with Crippen LogP contribution in [0.2, 0.25) is 0 Å². The smallest absolute Gasteiger partial charge is 0.283 e. The van der Waals surface area contributed by atoms with Gasteiger partial charge in [-0.25, -0.2) is 4.98 Å². The highest BCUT2D eigenvalue weighted by atomic mass is 32.1. The number of nitriles is 1. The SMILES string of the molecule is N#C[C@H](C[C@@H]1CCNC1=O)NC(=O)[C@@H]1CC2(CCN1C(=O)c1ncc(-c3ccccc3)s1)CC2. The number of aromatic nitrogens is 1. The molecule has 3 aliphatic rings. The van der Waals surface area contributed by atoms with Gasteiger partial charge < -0.3 is 15.5 Å². The number of carbonyl (C=O) groups excluding carboxylic acids is 3. The molecule has 2 aromatic rings. The summed E-state index contributed by atoms with van der Waals surface area (Å²) in [5.74, 6) is -0.898. The molecule has 1 aromatic heterocycles. The topological polar surface area (TPSA) is 115 Å². The van der Waals surface area contributed by atoms with Crippen LogP contribution >= 0.6 is 11.3 Å². The fourth-order valence-electron chi connectivity index (χ4n) is 5.04. The number of thiazole rings is 1. The second kappa shape index (κ2) is 9.18. The number of piperidine rings is 1. The lowest BCUT2D eigenvalue weighted by atomic mass is 9.87. The molecule has 2 N–H and O–H groups in total. The Kier molecular flexibility index (Phi) is 6.09. The maximum absolute atomic E-state index is 13.4. The standard InChI is InChI=1S/C25H27N5O3S/c26-14-18(12-17-6-10-27-21(17)31)29-22(32)19-13-25(7-8-25)9-11-30(19)24(33)23-28-15-20(34-23)16-4-2-1-3-5-16/h1-5,15,17-19H,6-13H2,(H,27,31)(H,29,32)/t17-,18-,19-/m0/s1. The number of benzene rings is 1. The molecule has 0 bridgehead atoms. The summed E-state index contributed by atoms with van der Waals surface area (Å²) >= 11 is 1.33. The van der Waals surface area contributed by atoms with Crippen LogP contribution in [-0.4, -0.2) is 52.8 Å². The van der Waals surface area contributed by atoms with Gasteiger partial charge in [0.25, 0.3) is 5.91 Å². The van der Waals surface area contributed by atoms with Crippen molar-refractivity contribution in [3.63, 3.8) is 0 Å². The van der Waals surface area contributed by atoms with Gasteiger partial charge in [0.2, 0.25) is 11.8 Å². The minimum atomic E-state index is -0.764. The van der Waals surface area contributed by atoms with Gasteiger partial charge in [0.05, 0.1) is 10.9 Å². The van der Waals surface area contributed by atoms with E-state index in [1.807, 2.05) is 30.3 Å². The van der Waals surface area contributed by atoms with Gasteiger partial charge >= 0.3 is 0 Å². The van der Waals surface area contributed by atoms with E-state index in [1.165, 1.54) is 11.3 Å². The Labute approximate surface area is 202 Å². The van der Waals surface area contributed by atoms with Gasteiger partial charge in [-0.2, -0.15) is 5.26 Å². The average Bonchev–Trinajstić information content (AvgIpc) is 3.23. The summed E-state index contributed by atoms with van der Waals surface area (Å²) in [6.45, 7) is 1.10. The largest absolute Gasteiger partial charge is 0.356 e. The Morgan fingerprint density at radius 2 is 2.09 bits per heavy atom. The molecule has 1 saturated carbocycles. The van der Waals surface area contributed by atoms with Crippen molar-refractivity contribution in [1.82, 2.24) is 20.5 Å². The molecule has 3 fully saturated rings. The molecule has 2 aliphatic heterocycles. The fraction of sp³-hybridized carbons (Fsp3) is 0.480. The van der Waals surface area contributed by atoms with Gasteiger partial charge in [-0.3, -0.25) is 14.4 Å². The summed E-state index contributed by atoms with van der Waals surface area (Å²) in [5, 5.41) is 15.6. The van der Waals surface area contributed by atoms with Crippen LogP contribution in [0.15, 0.2) is 36.5 Å². The Balaban J connectivity index is 1.31. The first kappa shape index (κ1) is 22.5. The summed E-state index contributed by atoms with van der Waals surface area (Å²) in [4.78, 5) is 45.6. The maximum Gasteiger partial charge on any atom is 0.283 e. The highest BCUT2D eigenvalue weighted by molar-refractivity contribution is 7.16. The quantitative estimate of drug-likeness (QED) is 0.664. The minimum Gasteiger partial charge on any atom is -0.356 e. The van der Waals surface area contributed by atoms with E-state index in [1.54, 1.807) is 11.1 Å². The Bertz CT molecular complexity index is 1140. The van der Waals surface area contributed by atoms with E-state index in [4.69, 9.17) is 0 Å². The number of nitrogens with zero attached hydrogens (tertiary/aromatic N) is 3. The third kappa shape index (κ3) is 4.55. The van der Waals surface area contributed by atoms with Crippen molar-refractivity contribution in [2.24, 2.45) is 11.3 Å². The Hall–Kier alpha value is -3.25. The first-order chi connectivity index (χ1) is 16.5. The van der Waals surface area contributed by atoms with Crippen LogP contribution in [0.1, 0.15) is 48.3 Å². The van der Waals surface area contributed by atoms with Crippen molar-refractivity contribution in [2.75, 3.05) is 13.1 Å². The zero-order valence-electron chi connectivity index (χ0n) is 18.8. The van der Waals surface area contributed by atoms with Crippen LogP contribution in [0.4, 0.5) is 0 Å². The molecule has 34 heavy (non-hydrogen) atoms. The minimum absolute atomic E-state index is 0.0705. The lowest BCUT2D eigenvalue weighted by Crippen LogP contribution is -2.55. The van der Waals surface area contributed by atoms with E-state index in [2.05, 4.69) is 21.7 Å². The molecule has 1 aromatic carbocycles. The van der Waals surface area contributed by atoms with Gasteiger partial charge in [0, 0.05) is 25.2 Å². The predicted octanol–water partition coefficient (Wildman–Crippen LogP) is 2.73. The summed E-state index contributed by atoms with van der Waals surface area (Å²) in [6, 6.07) is 10.5. The van der Waals surface area contributed by atoms with Gasteiger partial charge in [0.15, 0.2) is 5.01 Å². The molecule has 3 amide bonds. The van der Waals surface area contributed by atoms with E-state index in [0.29, 0.717) is 30.9 Å². The van der Waals surface area contributed by atoms with E-state index >= 15 is 0 Å². The Morgan fingerprint density at radius 3 is 2.76 bits per heavy atom. The van der Waals surface area contributed by atoms with Crippen LogP contribution in [0.25, 0.3) is 10.4 Å². The van der Waals surface area contributed by atoms with Gasteiger partial charge in [-0.05, 0) is 49.5 Å². The predicted molar refractivity (Wildman–Crippen MR) is 127 cm³/mol. The monoisotopic (exact) mass is 477 g/mol. The van der Waals surface area contributed by atoms with Crippen LogP contribution < -0.4 is 10.6 Å². The molecule has 3 atom stereocenters. The Morgan fingerprint density at radius 1 is 1.29 bits per heavy atom. The van der Waals surface area contributed by atoms with Gasteiger partial charge in [-0.15, -0.1) is 11.3 Å². The maximum atomic E-state index is 13.4. The van der Waals surface area contributed by atoms with Crippen molar-refractivity contribution >= 4 is 29.1 Å². The molecule has 3 heterocycles. The molecule has 8 nitrogen and oxygen atoms in total. The molecular weight excluding hydrogens is 450 g/mol. The van der Waals surface area contributed by atoms with E-state index in [-0.39, 0.29) is 35.5 Å². The van der Waals surface area contributed by atoms with E-state index < -0.39 is 12.1 Å². The van der Waals surface area contributed by atoms with Crippen molar-refractivity contribution in [2.45, 2.75) is 50.6 Å². The highest BCUT2D eigenvalue weighted by Gasteiger charge is 2.51. The van der Waals surface area contributed by atoms with E-state index in [9.17, 15) is 19.6 Å². The molecule has 176 valence electrons. The third-order valence-corrected chi connectivity index (χ3v) is 8.34. The van der Waals surface area contributed by atoms with Crippen molar-refractivity contribution in [1.29, 1.82) is 5.26 Å². The number of carbonyl (C=O) groups is 3. The molecule has 5 rings (SSSR count). The van der Waals surface area contributed by atoms with Gasteiger partial charge in [0.1, 0.15) is 12.1 Å². The molecule has 1 spiro atoms. The molecule has 9 heteroatoms. The number of nitrogens with one attached hydrogen (secondary N) is 2. The second-order valence-corrected chi connectivity index (χ2v) is 10.6. The third-order valence-electron chi connectivity index (χ3n) is 7.31. The summed E-state index contributed by atoms with van der Waals surface area (Å²) in [6.07, 6.45) is 6.26. The zero-order valence-corrected chi connectivity index (χ0v) is 19.6. The molecule has 0 radical (unpaired) electrons. The normalized spacial score (nSPS) is 23.7. The van der Waals surface area contributed by atoms with Crippen LogP contribution in [-0.2, 0) is 9.59 Å². The summed E-state index contributed by atoms with van der Waals surface area (Å²) in [7, 11) is 0. The molecule has 0 unspecified atom stereocenters. The van der Waals surface area contributed by atoms with Crippen LogP contribution in [0, 0.1) is 22.7 Å². The number of rotatable bonds is 6. The molecular formula is C25H27N5O3S.